The molecule has 0 aliphatic carbocycles. The van der Waals surface area contributed by atoms with Crippen LogP contribution in [-0.4, -0.2) is 35.2 Å². The quantitative estimate of drug-likeness (QED) is 0.433. The van der Waals surface area contributed by atoms with Crippen LogP contribution in [0.1, 0.15) is 17.4 Å². The molecule has 0 amide bonds. The molecule has 3 heterocycles. The average molecular weight is 432 g/mol. The molecule has 4 aromatic rings. The van der Waals surface area contributed by atoms with Gasteiger partial charge in [-0.2, -0.15) is 5.26 Å². The Morgan fingerprint density at radius 2 is 2.03 bits per heavy atom. The molecule has 0 saturated carbocycles. The van der Waals surface area contributed by atoms with Gasteiger partial charge in [0.1, 0.15) is 34.6 Å². The van der Waals surface area contributed by atoms with E-state index in [1.807, 2.05) is 37.3 Å². The molecule has 8 heteroatoms. The molecule has 1 N–H and O–H groups in total. The first-order valence-corrected chi connectivity index (χ1v) is 10.7. The summed E-state index contributed by atoms with van der Waals surface area (Å²) in [4.78, 5) is 14.5. The second-order valence-electron chi connectivity index (χ2n) is 6.63. The van der Waals surface area contributed by atoms with Crippen molar-refractivity contribution < 1.29 is 9.47 Å². The van der Waals surface area contributed by atoms with E-state index in [9.17, 15) is 5.26 Å². The molecular weight excluding hydrogens is 410 g/mol. The van der Waals surface area contributed by atoms with Gasteiger partial charge < -0.3 is 14.8 Å². The second-order valence-corrected chi connectivity index (χ2v) is 7.68. The van der Waals surface area contributed by atoms with Crippen LogP contribution < -0.4 is 14.8 Å². The number of anilines is 1. The van der Waals surface area contributed by atoms with E-state index in [2.05, 4.69) is 32.4 Å². The third kappa shape index (κ3) is 4.42. The molecule has 0 atom stereocenters. The smallest absolute Gasteiger partial charge is 0.148 e. The number of ether oxygens (including phenoxy) is 2. The van der Waals surface area contributed by atoms with Gasteiger partial charge in [0.05, 0.1) is 29.8 Å². The van der Waals surface area contributed by atoms with E-state index in [1.165, 1.54) is 17.7 Å². The zero-order chi connectivity index (χ0) is 21.6. The van der Waals surface area contributed by atoms with Crippen molar-refractivity contribution in [2.45, 2.75) is 13.3 Å². The Morgan fingerprint density at radius 1 is 1.13 bits per heavy atom. The predicted molar refractivity (Wildman–Crippen MR) is 122 cm³/mol. The molecule has 0 fully saturated rings. The standard InChI is InChI=1S/C23H21N5O2S/c1-3-30-20-12-21(31-22(20)13-24)18-11-23(28-14-27-18)26-10-8-16-15-5-4-9-25-17(15)6-7-19(16)29-2/h4-7,9,11-12,14H,3,8,10H2,1-2H3,(H,26,27,28). The van der Waals surface area contributed by atoms with Crippen molar-refractivity contribution in [2.75, 3.05) is 25.6 Å². The molecule has 3 aromatic heterocycles. The number of hydrogen-bond acceptors (Lipinski definition) is 8. The van der Waals surface area contributed by atoms with Crippen molar-refractivity contribution in [3.63, 3.8) is 0 Å². The predicted octanol–water partition coefficient (Wildman–Crippen LogP) is 4.69. The Morgan fingerprint density at radius 3 is 2.84 bits per heavy atom. The van der Waals surface area contributed by atoms with E-state index < -0.39 is 0 Å². The van der Waals surface area contributed by atoms with E-state index in [0.717, 1.165) is 39.2 Å². The molecule has 7 nitrogen and oxygen atoms in total. The molecule has 0 aliphatic heterocycles. The van der Waals surface area contributed by atoms with Gasteiger partial charge in [-0.15, -0.1) is 11.3 Å². The number of hydrogen-bond donors (Lipinski definition) is 1. The monoisotopic (exact) mass is 431 g/mol. The highest BCUT2D eigenvalue weighted by Gasteiger charge is 2.13. The summed E-state index contributed by atoms with van der Waals surface area (Å²) < 4.78 is 11.1. The molecule has 156 valence electrons. The molecule has 31 heavy (non-hydrogen) atoms. The molecule has 0 saturated heterocycles. The number of pyridine rings is 1. The van der Waals surface area contributed by atoms with E-state index >= 15 is 0 Å². The topological polar surface area (TPSA) is 92.9 Å². The average Bonchev–Trinajstić information content (AvgIpc) is 3.22. The third-order valence-corrected chi connectivity index (χ3v) is 5.82. The van der Waals surface area contributed by atoms with Gasteiger partial charge in [-0.3, -0.25) is 4.98 Å². The number of methoxy groups -OCH3 is 1. The Kier molecular flexibility index (Phi) is 6.24. The Bertz CT molecular complexity index is 1250. The first kappa shape index (κ1) is 20.6. The summed E-state index contributed by atoms with van der Waals surface area (Å²) >= 11 is 1.36. The number of rotatable bonds is 8. The van der Waals surface area contributed by atoms with E-state index in [1.54, 1.807) is 13.3 Å². The number of nitrogens with zero attached hydrogens (tertiary/aromatic N) is 4. The second kappa shape index (κ2) is 9.41. The number of thiophene rings is 1. The highest BCUT2D eigenvalue weighted by Crippen LogP contribution is 2.35. The minimum Gasteiger partial charge on any atom is -0.496 e. The van der Waals surface area contributed by atoms with Gasteiger partial charge in [0.25, 0.3) is 0 Å². The number of benzene rings is 1. The molecule has 0 aliphatic rings. The van der Waals surface area contributed by atoms with Crippen LogP contribution in [0.15, 0.2) is 48.9 Å². The van der Waals surface area contributed by atoms with Crippen LogP contribution >= 0.6 is 11.3 Å². The lowest BCUT2D eigenvalue weighted by atomic mass is 10.0. The Balaban J connectivity index is 1.51. The molecule has 0 unspecified atom stereocenters. The number of fused-ring (bicyclic) bond motifs is 1. The maximum Gasteiger partial charge on any atom is 0.148 e. The summed E-state index contributed by atoms with van der Waals surface area (Å²) in [5.74, 6) is 2.15. The summed E-state index contributed by atoms with van der Waals surface area (Å²) in [6, 6.07) is 13.8. The summed E-state index contributed by atoms with van der Waals surface area (Å²) in [7, 11) is 1.68. The van der Waals surface area contributed by atoms with Gasteiger partial charge in [0, 0.05) is 35.8 Å². The Labute approximate surface area is 184 Å². The minimum absolute atomic E-state index is 0.509. The van der Waals surface area contributed by atoms with Crippen LogP contribution in [0.4, 0.5) is 5.82 Å². The fraction of sp³-hybridized carbons (Fsp3) is 0.217. The van der Waals surface area contributed by atoms with Crippen molar-refractivity contribution in [3.8, 4) is 28.1 Å². The number of nitriles is 1. The highest BCUT2D eigenvalue weighted by molar-refractivity contribution is 7.16. The van der Waals surface area contributed by atoms with Gasteiger partial charge in [-0.05, 0) is 31.5 Å². The van der Waals surface area contributed by atoms with Gasteiger partial charge in [0.2, 0.25) is 0 Å². The maximum absolute atomic E-state index is 9.32. The van der Waals surface area contributed by atoms with E-state index in [4.69, 9.17) is 9.47 Å². The maximum atomic E-state index is 9.32. The van der Waals surface area contributed by atoms with Crippen LogP contribution in [0.2, 0.25) is 0 Å². The third-order valence-electron chi connectivity index (χ3n) is 4.77. The van der Waals surface area contributed by atoms with Gasteiger partial charge in [0.15, 0.2) is 0 Å². The van der Waals surface area contributed by atoms with Crippen molar-refractivity contribution in [1.82, 2.24) is 15.0 Å². The zero-order valence-corrected chi connectivity index (χ0v) is 18.1. The first-order valence-electron chi connectivity index (χ1n) is 9.87. The van der Waals surface area contributed by atoms with Gasteiger partial charge >= 0.3 is 0 Å². The van der Waals surface area contributed by atoms with Crippen LogP contribution in [-0.2, 0) is 6.42 Å². The van der Waals surface area contributed by atoms with Crippen LogP contribution in [0.3, 0.4) is 0 Å². The first-order chi connectivity index (χ1) is 15.2. The fourth-order valence-electron chi connectivity index (χ4n) is 3.39. The van der Waals surface area contributed by atoms with Crippen molar-refractivity contribution in [2.24, 2.45) is 0 Å². The van der Waals surface area contributed by atoms with E-state index in [0.29, 0.717) is 29.6 Å². The number of aromatic nitrogens is 3. The molecule has 4 rings (SSSR count). The molecule has 0 spiro atoms. The summed E-state index contributed by atoms with van der Waals surface area (Å²) in [5.41, 5.74) is 2.80. The minimum atomic E-state index is 0.509. The lowest BCUT2D eigenvalue weighted by Gasteiger charge is -2.12. The van der Waals surface area contributed by atoms with Crippen molar-refractivity contribution in [3.05, 3.63) is 59.4 Å². The Hall–Kier alpha value is -3.70. The number of nitrogens with one attached hydrogen (secondary N) is 1. The fourth-order valence-corrected chi connectivity index (χ4v) is 4.25. The largest absolute Gasteiger partial charge is 0.496 e. The van der Waals surface area contributed by atoms with Crippen molar-refractivity contribution in [1.29, 1.82) is 5.26 Å². The summed E-state index contributed by atoms with van der Waals surface area (Å²) in [6.07, 6.45) is 4.06. The summed E-state index contributed by atoms with van der Waals surface area (Å²) in [5, 5.41) is 13.8. The molecule has 0 radical (unpaired) electrons. The van der Waals surface area contributed by atoms with Crippen LogP contribution in [0.25, 0.3) is 21.5 Å². The van der Waals surface area contributed by atoms with Crippen molar-refractivity contribution >= 4 is 28.1 Å². The molecular formula is C23H21N5O2S. The van der Waals surface area contributed by atoms with Gasteiger partial charge in [-0.25, -0.2) is 9.97 Å². The molecule has 1 aromatic carbocycles. The van der Waals surface area contributed by atoms with Crippen LogP contribution in [0.5, 0.6) is 11.5 Å². The molecule has 0 bridgehead atoms. The lowest BCUT2D eigenvalue weighted by molar-refractivity contribution is 0.341. The summed E-state index contributed by atoms with van der Waals surface area (Å²) in [6.45, 7) is 3.07. The zero-order valence-electron chi connectivity index (χ0n) is 17.3. The van der Waals surface area contributed by atoms with Crippen LogP contribution in [0, 0.1) is 11.3 Å². The highest BCUT2D eigenvalue weighted by atomic mass is 32.1. The van der Waals surface area contributed by atoms with Gasteiger partial charge in [-0.1, -0.05) is 6.07 Å². The normalized spacial score (nSPS) is 10.6. The lowest BCUT2D eigenvalue weighted by Crippen LogP contribution is -2.08. The SMILES string of the molecule is CCOc1cc(-c2cc(NCCc3c(OC)ccc4ncccc34)ncn2)sc1C#N. The van der Waals surface area contributed by atoms with E-state index in [-0.39, 0.29) is 0 Å².